The van der Waals surface area contributed by atoms with Crippen molar-refractivity contribution < 1.29 is 24.5 Å². The third-order valence-electron chi connectivity index (χ3n) is 15.9. The Morgan fingerprint density at radius 1 is 0.364 bits per heavy atom. The van der Waals surface area contributed by atoms with Gasteiger partial charge in [0, 0.05) is 12.8 Å². The van der Waals surface area contributed by atoms with Crippen molar-refractivity contribution in [2.24, 2.45) is 0 Å². The molecule has 0 aromatic rings. The van der Waals surface area contributed by atoms with E-state index >= 15 is 0 Å². The second kappa shape index (κ2) is 66.3. The first-order valence-corrected chi connectivity index (χ1v) is 34.4. The van der Waals surface area contributed by atoms with Gasteiger partial charge in [-0.15, -0.1) is 0 Å². The normalized spacial score (nSPS) is 12.8. The van der Waals surface area contributed by atoms with Crippen LogP contribution in [0.4, 0.5) is 0 Å². The number of esters is 1. The first kappa shape index (κ1) is 74.8. The van der Waals surface area contributed by atoms with Gasteiger partial charge in [0.2, 0.25) is 5.91 Å². The molecule has 0 spiro atoms. The van der Waals surface area contributed by atoms with Crippen molar-refractivity contribution in [1.82, 2.24) is 5.32 Å². The van der Waals surface area contributed by atoms with E-state index in [-0.39, 0.29) is 18.5 Å². The average Bonchev–Trinajstić information content (AvgIpc) is 3.43. The summed E-state index contributed by atoms with van der Waals surface area (Å²) in [6.07, 6.45) is 85.7. The molecule has 6 heteroatoms. The standard InChI is InChI=1S/C71H133NO5/c1-3-5-7-9-11-13-15-17-19-20-30-33-36-39-43-47-51-55-59-63-69(74)68(67-73)72-70(75)64-60-56-52-48-44-40-37-34-31-28-26-24-22-21-23-25-27-29-32-35-38-42-46-50-54-58-62-66-77-71(76)65-61-57-53-49-45-41-18-16-14-12-10-8-6-4-2/h10,12,16,18,21-22,25,27,68-69,73-74H,3-9,11,13-15,17,19-20,23-24,26,28-67H2,1-2H3,(H,72,75)/b12-10-,18-16-,22-21-,27-25-. The number of rotatable bonds is 64. The monoisotopic (exact) mass is 1080 g/mol. The van der Waals surface area contributed by atoms with Crippen LogP contribution in [-0.4, -0.2) is 47.4 Å². The van der Waals surface area contributed by atoms with E-state index in [0.29, 0.717) is 25.9 Å². The molecular formula is C71H133NO5. The van der Waals surface area contributed by atoms with Crippen molar-refractivity contribution in [3.8, 4) is 0 Å². The highest BCUT2D eigenvalue weighted by Crippen LogP contribution is 2.18. The molecule has 6 nitrogen and oxygen atoms in total. The zero-order valence-electron chi connectivity index (χ0n) is 51.7. The van der Waals surface area contributed by atoms with Crippen molar-refractivity contribution in [3.05, 3.63) is 48.6 Å². The number of allylic oxidation sites excluding steroid dienone is 8. The van der Waals surface area contributed by atoms with Crippen molar-refractivity contribution in [3.63, 3.8) is 0 Å². The summed E-state index contributed by atoms with van der Waals surface area (Å²) in [4.78, 5) is 24.6. The van der Waals surface area contributed by atoms with Gasteiger partial charge in [-0.2, -0.15) is 0 Å². The van der Waals surface area contributed by atoms with E-state index in [9.17, 15) is 19.8 Å². The predicted octanol–water partition coefficient (Wildman–Crippen LogP) is 22.1. The molecular weight excluding hydrogens is 947 g/mol. The molecule has 0 aromatic heterocycles. The van der Waals surface area contributed by atoms with Crippen LogP contribution in [0, 0.1) is 0 Å². The van der Waals surface area contributed by atoms with Gasteiger partial charge >= 0.3 is 5.97 Å². The summed E-state index contributed by atoms with van der Waals surface area (Å²) in [5.41, 5.74) is 0. The van der Waals surface area contributed by atoms with Crippen LogP contribution in [0.1, 0.15) is 367 Å². The maximum Gasteiger partial charge on any atom is 0.305 e. The Kier molecular flexibility index (Phi) is 64.5. The topological polar surface area (TPSA) is 95.9 Å². The summed E-state index contributed by atoms with van der Waals surface area (Å²) in [5, 5.41) is 23.4. The second-order valence-electron chi connectivity index (χ2n) is 23.5. The molecule has 0 radical (unpaired) electrons. The highest BCUT2D eigenvalue weighted by molar-refractivity contribution is 5.76. The van der Waals surface area contributed by atoms with E-state index in [0.717, 1.165) is 57.8 Å². The Hall–Kier alpha value is -2.18. The van der Waals surface area contributed by atoms with Crippen LogP contribution in [-0.2, 0) is 14.3 Å². The van der Waals surface area contributed by atoms with Crippen molar-refractivity contribution in [1.29, 1.82) is 0 Å². The summed E-state index contributed by atoms with van der Waals surface area (Å²) < 4.78 is 5.47. The van der Waals surface area contributed by atoms with Crippen LogP contribution in [0.2, 0.25) is 0 Å². The zero-order chi connectivity index (χ0) is 55.7. The number of carbonyl (C=O) groups excluding carboxylic acids is 2. The number of aliphatic hydroxyl groups is 2. The minimum atomic E-state index is -0.668. The highest BCUT2D eigenvalue weighted by atomic mass is 16.5. The first-order valence-electron chi connectivity index (χ1n) is 34.4. The number of nitrogens with one attached hydrogen (secondary N) is 1. The smallest absolute Gasteiger partial charge is 0.305 e. The molecule has 0 aromatic carbocycles. The molecule has 0 bridgehead atoms. The number of carbonyl (C=O) groups is 2. The third kappa shape index (κ3) is 62.9. The third-order valence-corrected chi connectivity index (χ3v) is 15.9. The summed E-state index contributed by atoms with van der Waals surface area (Å²) in [5.74, 6) is -0.0393. The SMILES string of the molecule is CCCC/C=C\C/C=C\CCCCCCCC(=O)OCCCCCCCCCCC/C=C\C/C=C\CCCCCCCCCCCCCC(=O)NC(CO)C(O)CCCCCCCCCCCCCCCCCCCCC. The van der Waals surface area contributed by atoms with Crippen molar-refractivity contribution in [2.45, 2.75) is 379 Å². The van der Waals surface area contributed by atoms with E-state index in [1.807, 2.05) is 0 Å². The van der Waals surface area contributed by atoms with Gasteiger partial charge in [0.1, 0.15) is 0 Å². The van der Waals surface area contributed by atoms with E-state index in [2.05, 4.69) is 67.8 Å². The molecule has 2 unspecified atom stereocenters. The molecule has 0 saturated heterocycles. The van der Waals surface area contributed by atoms with Gasteiger partial charge in [0.05, 0.1) is 25.4 Å². The van der Waals surface area contributed by atoms with E-state index < -0.39 is 12.1 Å². The Bertz CT molecular complexity index is 1290. The maximum atomic E-state index is 12.5. The highest BCUT2D eigenvalue weighted by Gasteiger charge is 2.20. The molecule has 0 heterocycles. The summed E-state index contributed by atoms with van der Waals surface area (Å²) in [6.45, 7) is 4.93. The number of ether oxygens (including phenoxy) is 1. The molecule has 452 valence electrons. The molecule has 0 fully saturated rings. The molecule has 0 rings (SSSR count). The van der Waals surface area contributed by atoms with Gasteiger partial charge in [-0.25, -0.2) is 0 Å². The van der Waals surface area contributed by atoms with Crippen LogP contribution in [0.5, 0.6) is 0 Å². The summed E-state index contributed by atoms with van der Waals surface area (Å²) >= 11 is 0. The predicted molar refractivity (Wildman–Crippen MR) is 338 cm³/mol. The molecule has 0 saturated carbocycles. The lowest BCUT2D eigenvalue weighted by molar-refractivity contribution is -0.143. The molecule has 77 heavy (non-hydrogen) atoms. The van der Waals surface area contributed by atoms with E-state index in [1.165, 1.54) is 276 Å². The second-order valence-corrected chi connectivity index (χ2v) is 23.5. The molecule has 3 N–H and O–H groups in total. The van der Waals surface area contributed by atoms with Gasteiger partial charge in [-0.05, 0) is 83.5 Å². The van der Waals surface area contributed by atoms with E-state index in [4.69, 9.17) is 4.74 Å². The Morgan fingerprint density at radius 3 is 1.03 bits per heavy atom. The lowest BCUT2D eigenvalue weighted by atomic mass is 10.0. The number of aliphatic hydroxyl groups excluding tert-OH is 2. The first-order chi connectivity index (χ1) is 38.0. The van der Waals surface area contributed by atoms with Crippen LogP contribution >= 0.6 is 0 Å². The van der Waals surface area contributed by atoms with Crippen LogP contribution in [0.15, 0.2) is 48.6 Å². The molecule has 0 aliphatic carbocycles. The molecule has 2 atom stereocenters. The Balaban J connectivity index is 3.43. The Morgan fingerprint density at radius 2 is 0.662 bits per heavy atom. The van der Waals surface area contributed by atoms with E-state index in [1.54, 1.807) is 0 Å². The van der Waals surface area contributed by atoms with Gasteiger partial charge < -0.3 is 20.3 Å². The van der Waals surface area contributed by atoms with Crippen molar-refractivity contribution in [2.75, 3.05) is 13.2 Å². The zero-order valence-corrected chi connectivity index (χ0v) is 51.7. The molecule has 0 aliphatic heterocycles. The largest absolute Gasteiger partial charge is 0.466 e. The van der Waals surface area contributed by atoms with Crippen LogP contribution < -0.4 is 5.32 Å². The average molecular weight is 1080 g/mol. The number of unbranched alkanes of at least 4 members (excludes halogenated alkanes) is 45. The fourth-order valence-electron chi connectivity index (χ4n) is 10.6. The number of hydrogen-bond donors (Lipinski definition) is 3. The van der Waals surface area contributed by atoms with Crippen LogP contribution in [0.3, 0.4) is 0 Å². The van der Waals surface area contributed by atoms with Gasteiger partial charge in [0.15, 0.2) is 0 Å². The number of hydrogen-bond acceptors (Lipinski definition) is 5. The maximum absolute atomic E-state index is 12.5. The molecule has 0 aliphatic rings. The minimum Gasteiger partial charge on any atom is -0.466 e. The fourth-order valence-corrected chi connectivity index (χ4v) is 10.6. The lowest BCUT2D eigenvalue weighted by Crippen LogP contribution is -2.45. The number of amides is 1. The Labute approximate surface area is 480 Å². The van der Waals surface area contributed by atoms with Crippen molar-refractivity contribution >= 4 is 11.9 Å². The summed E-state index contributed by atoms with van der Waals surface area (Å²) in [6, 6.07) is -0.545. The van der Waals surface area contributed by atoms with Gasteiger partial charge in [-0.1, -0.05) is 319 Å². The lowest BCUT2D eigenvalue weighted by Gasteiger charge is -2.22. The fraction of sp³-hybridized carbons (Fsp3) is 0.859. The van der Waals surface area contributed by atoms with Crippen LogP contribution in [0.25, 0.3) is 0 Å². The van der Waals surface area contributed by atoms with Gasteiger partial charge in [-0.3, -0.25) is 9.59 Å². The minimum absolute atomic E-state index is 0.00395. The van der Waals surface area contributed by atoms with Gasteiger partial charge in [0.25, 0.3) is 0 Å². The summed E-state index contributed by atoms with van der Waals surface area (Å²) in [7, 11) is 0. The quantitative estimate of drug-likeness (QED) is 0.0320. The molecule has 1 amide bonds.